The number of H-pyrrole nitrogens is 1. The molecule has 40 heavy (non-hydrogen) atoms. The fourth-order valence-corrected chi connectivity index (χ4v) is 5.83. The van der Waals surface area contributed by atoms with Crippen molar-refractivity contribution in [2.45, 2.75) is 43.5 Å². The van der Waals surface area contributed by atoms with E-state index in [1.165, 1.54) is 18.2 Å². The molecule has 2 aromatic carbocycles. The van der Waals surface area contributed by atoms with Gasteiger partial charge in [-0.2, -0.15) is 17.5 Å². The third-order valence-electron chi connectivity index (χ3n) is 5.95. The van der Waals surface area contributed by atoms with Crippen LogP contribution >= 0.6 is 0 Å². The molecule has 1 aromatic heterocycles. The normalized spacial score (nSPS) is 14.3. The molecule has 3 rings (SSSR count). The average Bonchev–Trinajstić information content (AvgIpc) is 3.16. The monoisotopic (exact) mass is 584 g/mol. The van der Waals surface area contributed by atoms with Gasteiger partial charge in [-0.1, -0.05) is 44.2 Å². The van der Waals surface area contributed by atoms with Gasteiger partial charge in [0.25, 0.3) is 0 Å². The molecular formula is C26H31F3N4O6S. The Morgan fingerprint density at radius 3 is 2.42 bits per heavy atom. The molecule has 14 heteroatoms. The number of aliphatic hydroxyl groups is 1. The standard InChI is InChI=1S/C26H31F3N4O6S/c1-16(2)13-33(14-23(34)22(32-25(36)37)10-17-6-4-3-5-7-17)40(38,39)18-8-9-21-19(11-18)20(24(35)31-21)12-30-15-26(27,28)29/h3-9,11-12,16,22-23,31-32,34-35H,10,13-15H2,1-2H3,(H,36,37). The van der Waals surface area contributed by atoms with Gasteiger partial charge in [-0.15, -0.1) is 0 Å². The Hall–Kier alpha value is -3.62. The largest absolute Gasteiger partial charge is 0.494 e. The average molecular weight is 585 g/mol. The number of nitrogens with one attached hydrogen (secondary N) is 2. The maximum absolute atomic E-state index is 13.7. The van der Waals surface area contributed by atoms with E-state index in [2.05, 4.69) is 15.3 Å². The molecule has 0 saturated heterocycles. The zero-order valence-corrected chi connectivity index (χ0v) is 22.6. The van der Waals surface area contributed by atoms with Gasteiger partial charge in [0, 0.05) is 30.2 Å². The molecular weight excluding hydrogens is 553 g/mol. The van der Waals surface area contributed by atoms with E-state index in [-0.39, 0.29) is 40.2 Å². The minimum atomic E-state index is -4.56. The van der Waals surface area contributed by atoms with Crippen LogP contribution in [0.2, 0.25) is 0 Å². The van der Waals surface area contributed by atoms with Crippen LogP contribution in [0, 0.1) is 5.92 Å². The van der Waals surface area contributed by atoms with Crippen molar-refractivity contribution in [3.05, 3.63) is 59.7 Å². The van der Waals surface area contributed by atoms with Crippen molar-refractivity contribution in [3.8, 4) is 5.88 Å². The predicted molar refractivity (Wildman–Crippen MR) is 143 cm³/mol. The molecule has 0 radical (unpaired) electrons. The number of hydrogen-bond acceptors (Lipinski definition) is 6. The molecule has 5 N–H and O–H groups in total. The lowest BCUT2D eigenvalue weighted by Crippen LogP contribution is -2.50. The van der Waals surface area contributed by atoms with E-state index in [4.69, 9.17) is 0 Å². The number of alkyl halides is 3. The van der Waals surface area contributed by atoms with Crippen molar-refractivity contribution in [3.63, 3.8) is 0 Å². The number of aromatic amines is 1. The molecule has 1 amide bonds. The van der Waals surface area contributed by atoms with E-state index >= 15 is 0 Å². The summed E-state index contributed by atoms with van der Waals surface area (Å²) in [7, 11) is -4.29. The third kappa shape index (κ3) is 8.19. The Labute approximate surface area is 229 Å². The molecule has 0 fully saturated rings. The molecule has 0 aliphatic rings. The molecule has 2 unspecified atom stereocenters. The van der Waals surface area contributed by atoms with Crippen LogP contribution in [0.5, 0.6) is 5.88 Å². The molecule has 10 nitrogen and oxygen atoms in total. The first-order chi connectivity index (χ1) is 18.7. The molecule has 2 atom stereocenters. The maximum Gasteiger partial charge on any atom is 0.407 e. The van der Waals surface area contributed by atoms with Gasteiger partial charge >= 0.3 is 12.3 Å². The summed E-state index contributed by atoms with van der Waals surface area (Å²) in [5.74, 6) is -0.652. The lowest BCUT2D eigenvalue weighted by atomic mass is 10.0. The van der Waals surface area contributed by atoms with Crippen molar-refractivity contribution in [1.82, 2.24) is 14.6 Å². The highest BCUT2D eigenvalue weighted by Gasteiger charge is 2.32. The Bertz CT molecular complexity index is 1440. The second kappa shape index (κ2) is 12.7. The number of aliphatic hydroxyl groups excluding tert-OH is 1. The number of carbonyl (C=O) groups is 1. The first kappa shape index (κ1) is 30.9. The Morgan fingerprint density at radius 1 is 1.15 bits per heavy atom. The number of hydrogen-bond donors (Lipinski definition) is 5. The maximum atomic E-state index is 13.7. The number of nitrogens with zero attached hydrogens (tertiary/aromatic N) is 2. The summed E-state index contributed by atoms with van der Waals surface area (Å²) in [4.78, 5) is 17.1. The zero-order chi connectivity index (χ0) is 29.7. The number of fused-ring (bicyclic) bond motifs is 1. The molecule has 3 aromatic rings. The fraction of sp³-hybridized carbons (Fsp3) is 0.385. The number of rotatable bonds is 12. The second-order valence-electron chi connectivity index (χ2n) is 9.71. The van der Waals surface area contributed by atoms with Crippen LogP contribution < -0.4 is 5.32 Å². The van der Waals surface area contributed by atoms with Crippen LogP contribution in [0.3, 0.4) is 0 Å². The molecule has 0 bridgehead atoms. The molecule has 0 spiro atoms. The van der Waals surface area contributed by atoms with Crippen LogP contribution in [0.25, 0.3) is 10.9 Å². The summed E-state index contributed by atoms with van der Waals surface area (Å²) < 4.78 is 66.1. The van der Waals surface area contributed by atoms with Crippen molar-refractivity contribution < 1.29 is 41.7 Å². The third-order valence-corrected chi connectivity index (χ3v) is 7.78. The highest BCUT2D eigenvalue weighted by atomic mass is 32.2. The quantitative estimate of drug-likeness (QED) is 0.204. The predicted octanol–water partition coefficient (Wildman–Crippen LogP) is 3.74. The number of halogens is 3. The summed E-state index contributed by atoms with van der Waals surface area (Å²) >= 11 is 0. The summed E-state index contributed by atoms with van der Waals surface area (Å²) in [6.45, 7) is 1.62. The van der Waals surface area contributed by atoms with Gasteiger partial charge in [0.15, 0.2) is 5.88 Å². The summed E-state index contributed by atoms with van der Waals surface area (Å²) in [6.07, 6.45) is -6.43. The number of amides is 1. The van der Waals surface area contributed by atoms with Crippen LogP contribution in [0.15, 0.2) is 58.4 Å². The number of sulfonamides is 1. The summed E-state index contributed by atoms with van der Waals surface area (Å²) in [5.41, 5.74) is 0.894. The molecule has 1 heterocycles. The first-order valence-electron chi connectivity index (χ1n) is 12.3. The van der Waals surface area contributed by atoms with Gasteiger partial charge in [0.05, 0.1) is 22.6 Å². The lowest BCUT2D eigenvalue weighted by Gasteiger charge is -2.30. The van der Waals surface area contributed by atoms with E-state index in [0.29, 0.717) is 0 Å². The van der Waals surface area contributed by atoms with Gasteiger partial charge in [0.1, 0.15) is 6.54 Å². The number of aliphatic imine (C=N–C) groups is 1. The Kier molecular flexibility index (Phi) is 9.82. The van der Waals surface area contributed by atoms with Gasteiger partial charge < -0.3 is 25.6 Å². The second-order valence-corrected chi connectivity index (χ2v) is 11.6. The first-order valence-corrected chi connectivity index (χ1v) is 13.7. The minimum absolute atomic E-state index is 0.0131. The summed E-state index contributed by atoms with van der Waals surface area (Å²) in [6, 6.07) is 11.6. The number of carboxylic acid groups (broad SMARTS) is 1. The lowest BCUT2D eigenvalue weighted by molar-refractivity contribution is -0.118. The SMILES string of the molecule is CC(C)CN(CC(O)C(Cc1ccccc1)NC(=O)O)S(=O)(=O)c1ccc2[nH]c(O)c(C=NCC(F)(F)F)c2c1. The van der Waals surface area contributed by atoms with Gasteiger partial charge in [0.2, 0.25) is 10.0 Å². The highest BCUT2D eigenvalue weighted by Crippen LogP contribution is 2.30. The molecule has 218 valence electrons. The number of benzene rings is 2. The van der Waals surface area contributed by atoms with E-state index in [9.17, 15) is 41.7 Å². The van der Waals surface area contributed by atoms with Crippen LogP contribution in [0.4, 0.5) is 18.0 Å². The molecule has 0 aliphatic carbocycles. The number of aromatic hydroxyl groups is 1. The Morgan fingerprint density at radius 2 is 1.82 bits per heavy atom. The topological polar surface area (TPSA) is 155 Å². The van der Waals surface area contributed by atoms with Crippen molar-refractivity contribution in [2.24, 2.45) is 10.9 Å². The molecule has 0 aliphatic heterocycles. The van der Waals surface area contributed by atoms with E-state index in [1.54, 1.807) is 44.2 Å². The van der Waals surface area contributed by atoms with Gasteiger partial charge in [-0.05, 0) is 36.1 Å². The Balaban J connectivity index is 1.95. The molecule has 0 saturated carbocycles. The smallest absolute Gasteiger partial charge is 0.407 e. The van der Waals surface area contributed by atoms with Crippen LogP contribution in [-0.2, 0) is 16.4 Å². The minimum Gasteiger partial charge on any atom is -0.494 e. The van der Waals surface area contributed by atoms with E-state index < -0.39 is 53.4 Å². The van der Waals surface area contributed by atoms with Crippen LogP contribution in [0.1, 0.15) is 25.0 Å². The van der Waals surface area contributed by atoms with Crippen LogP contribution in [-0.4, -0.2) is 83.3 Å². The van der Waals surface area contributed by atoms with Crippen molar-refractivity contribution in [2.75, 3.05) is 19.6 Å². The summed E-state index contributed by atoms with van der Waals surface area (Å²) in [5, 5.41) is 32.9. The van der Waals surface area contributed by atoms with Gasteiger partial charge in [-0.25, -0.2) is 13.2 Å². The number of aromatic nitrogens is 1. The highest BCUT2D eigenvalue weighted by molar-refractivity contribution is 7.89. The van der Waals surface area contributed by atoms with Gasteiger partial charge in [-0.3, -0.25) is 4.99 Å². The van der Waals surface area contributed by atoms with Crippen molar-refractivity contribution in [1.29, 1.82) is 0 Å². The van der Waals surface area contributed by atoms with E-state index in [0.717, 1.165) is 16.1 Å². The fourth-order valence-electron chi connectivity index (χ4n) is 4.18. The van der Waals surface area contributed by atoms with E-state index in [1.807, 2.05) is 0 Å². The zero-order valence-electron chi connectivity index (χ0n) is 21.8. The van der Waals surface area contributed by atoms with Crippen molar-refractivity contribution >= 4 is 33.2 Å².